The third kappa shape index (κ3) is 4.02. The zero-order valence-corrected chi connectivity index (χ0v) is 17.8. The van der Waals surface area contributed by atoms with Gasteiger partial charge in [-0.3, -0.25) is 9.59 Å². The van der Waals surface area contributed by atoms with Crippen molar-refractivity contribution in [3.63, 3.8) is 0 Å². The summed E-state index contributed by atoms with van der Waals surface area (Å²) in [6.07, 6.45) is 0.0988. The summed E-state index contributed by atoms with van der Waals surface area (Å²) in [7, 11) is 0. The molecule has 0 saturated carbocycles. The average molecular weight is 437 g/mol. The highest BCUT2D eigenvalue weighted by Crippen LogP contribution is 2.24. The number of anilines is 2. The van der Waals surface area contributed by atoms with E-state index in [9.17, 15) is 9.59 Å². The second-order valence-corrected chi connectivity index (χ2v) is 8.18. The summed E-state index contributed by atoms with van der Waals surface area (Å²) in [4.78, 5) is 36.0. The second-order valence-electron chi connectivity index (χ2n) is 7.18. The Morgan fingerprint density at radius 3 is 2.74 bits per heavy atom. The van der Waals surface area contributed by atoms with E-state index in [0.29, 0.717) is 34.4 Å². The quantitative estimate of drug-likeness (QED) is 0.623. The number of aromatic nitrogens is 4. The van der Waals surface area contributed by atoms with Crippen LogP contribution in [0.1, 0.15) is 22.5 Å². The molecule has 0 aliphatic carbocycles. The van der Waals surface area contributed by atoms with Gasteiger partial charge in [-0.15, -0.1) is 16.9 Å². The number of aryl methyl sites for hydroxylation is 2. The molecule has 1 unspecified atom stereocenters. The van der Waals surface area contributed by atoms with Crippen LogP contribution in [0.15, 0.2) is 24.3 Å². The predicted octanol–water partition coefficient (Wildman–Crippen LogP) is 1.28. The summed E-state index contributed by atoms with van der Waals surface area (Å²) in [5.41, 5.74) is 8.92. The number of nitrogens with zero attached hydrogens (tertiary/aromatic N) is 6. The molecule has 1 aromatic carbocycles. The highest BCUT2D eigenvalue weighted by molar-refractivity contribution is 7.99. The molecule has 2 amide bonds. The van der Waals surface area contributed by atoms with Crippen molar-refractivity contribution < 1.29 is 9.59 Å². The van der Waals surface area contributed by atoms with Gasteiger partial charge in [-0.25, -0.2) is 4.98 Å². The summed E-state index contributed by atoms with van der Waals surface area (Å²) in [6, 6.07) is 8.06. The fraction of sp³-hybridized carbons (Fsp3) is 0.300. The first-order chi connectivity index (χ1) is 14.9. The number of hydrogen-bond donors (Lipinski definition) is 2. The smallest absolute Gasteiger partial charge is 0.254 e. The monoisotopic (exact) mass is 436 g/mol. The lowest BCUT2D eigenvalue weighted by Crippen LogP contribution is -2.45. The Labute approximate surface area is 182 Å². The van der Waals surface area contributed by atoms with Crippen LogP contribution in [0.2, 0.25) is 0 Å². The van der Waals surface area contributed by atoms with E-state index in [1.807, 2.05) is 19.9 Å². The van der Waals surface area contributed by atoms with Crippen molar-refractivity contribution in [3.8, 4) is 6.07 Å². The molecular weight excluding hydrogens is 416 g/mol. The molecule has 1 fully saturated rings. The maximum absolute atomic E-state index is 13.1. The van der Waals surface area contributed by atoms with Gasteiger partial charge >= 0.3 is 0 Å². The van der Waals surface area contributed by atoms with E-state index in [2.05, 4.69) is 20.4 Å². The van der Waals surface area contributed by atoms with E-state index in [1.165, 1.54) is 16.3 Å². The van der Waals surface area contributed by atoms with Crippen molar-refractivity contribution in [3.05, 3.63) is 46.8 Å². The van der Waals surface area contributed by atoms with E-state index < -0.39 is 6.04 Å². The minimum atomic E-state index is -0.576. The number of nitrogen functional groups attached to an aromatic ring is 1. The molecule has 3 heterocycles. The lowest BCUT2D eigenvalue weighted by molar-refractivity contribution is -0.135. The van der Waals surface area contributed by atoms with Crippen LogP contribution >= 0.6 is 11.8 Å². The van der Waals surface area contributed by atoms with Crippen molar-refractivity contribution in [2.75, 3.05) is 22.7 Å². The van der Waals surface area contributed by atoms with Crippen molar-refractivity contribution in [2.45, 2.75) is 26.3 Å². The molecule has 2 aromatic heterocycles. The molecule has 3 N–H and O–H groups in total. The van der Waals surface area contributed by atoms with Crippen molar-refractivity contribution in [1.82, 2.24) is 24.5 Å². The summed E-state index contributed by atoms with van der Waals surface area (Å²) in [6.45, 7) is 3.65. The van der Waals surface area contributed by atoms with Crippen LogP contribution in [0.5, 0.6) is 0 Å². The highest BCUT2D eigenvalue weighted by atomic mass is 32.2. The van der Waals surface area contributed by atoms with E-state index in [0.717, 1.165) is 11.3 Å². The Morgan fingerprint density at radius 1 is 1.29 bits per heavy atom. The summed E-state index contributed by atoms with van der Waals surface area (Å²) < 4.78 is 1.53. The van der Waals surface area contributed by atoms with E-state index >= 15 is 0 Å². The lowest BCUT2D eigenvalue weighted by atomic mass is 10.1. The molecule has 0 radical (unpaired) electrons. The molecule has 4 rings (SSSR count). The SMILES string of the molecule is Cc1nc2nc(N)nn2c(C)c1CC(=O)N1CSCC1C(=O)Nc1ccc(C#N)cc1. The number of benzene rings is 1. The Kier molecular flexibility index (Phi) is 5.48. The molecule has 1 aliphatic rings. The molecule has 0 spiro atoms. The van der Waals surface area contributed by atoms with Crippen LogP contribution in [0, 0.1) is 25.2 Å². The summed E-state index contributed by atoms with van der Waals surface area (Å²) >= 11 is 1.53. The minimum absolute atomic E-state index is 0.0988. The molecule has 0 bridgehead atoms. The number of nitrogens with two attached hydrogens (primary N) is 1. The topological polar surface area (TPSA) is 142 Å². The van der Waals surface area contributed by atoms with E-state index in [4.69, 9.17) is 11.0 Å². The average Bonchev–Trinajstić information content (AvgIpc) is 3.38. The first-order valence-corrected chi connectivity index (χ1v) is 10.7. The first-order valence-electron chi connectivity index (χ1n) is 9.54. The minimum Gasteiger partial charge on any atom is -0.366 e. The van der Waals surface area contributed by atoms with Gasteiger partial charge in [0.2, 0.25) is 17.8 Å². The Balaban J connectivity index is 1.51. The number of nitrogens with one attached hydrogen (secondary N) is 1. The van der Waals surface area contributed by atoms with E-state index in [-0.39, 0.29) is 24.2 Å². The van der Waals surface area contributed by atoms with Crippen molar-refractivity contribution in [2.24, 2.45) is 0 Å². The molecule has 10 nitrogen and oxygen atoms in total. The molecule has 1 aliphatic heterocycles. The second kappa shape index (κ2) is 8.23. The Morgan fingerprint density at radius 2 is 2.03 bits per heavy atom. The standard InChI is InChI=1S/C20H20N8O2S/c1-11-15(12(2)28-20(23-11)25-19(22)26-28)7-17(29)27-10-31-9-16(27)18(30)24-14-5-3-13(8-21)4-6-14/h3-6,16H,7,9-10H2,1-2H3,(H2,22,26)(H,24,30). The zero-order chi connectivity index (χ0) is 22.1. The van der Waals surface area contributed by atoms with Crippen LogP contribution < -0.4 is 11.1 Å². The maximum Gasteiger partial charge on any atom is 0.254 e. The number of carbonyl (C=O) groups excluding carboxylic acids is 2. The molecular formula is C20H20N8O2S. The molecule has 1 atom stereocenters. The van der Waals surface area contributed by atoms with Gasteiger partial charge in [0.25, 0.3) is 5.78 Å². The van der Waals surface area contributed by atoms with E-state index in [1.54, 1.807) is 29.2 Å². The van der Waals surface area contributed by atoms with Gasteiger partial charge in [-0.2, -0.15) is 14.8 Å². The molecule has 31 heavy (non-hydrogen) atoms. The fourth-order valence-corrected chi connectivity index (χ4v) is 4.67. The van der Waals surface area contributed by atoms with Gasteiger partial charge in [0.15, 0.2) is 0 Å². The van der Waals surface area contributed by atoms with Crippen LogP contribution in [0.3, 0.4) is 0 Å². The number of fused-ring (bicyclic) bond motifs is 1. The third-order valence-corrected chi connectivity index (χ3v) is 6.19. The van der Waals surface area contributed by atoms with Crippen LogP contribution in [-0.4, -0.2) is 54.0 Å². The van der Waals surface area contributed by atoms with Gasteiger partial charge in [0, 0.05) is 28.4 Å². The van der Waals surface area contributed by atoms with Crippen LogP contribution in [0.4, 0.5) is 11.6 Å². The lowest BCUT2D eigenvalue weighted by Gasteiger charge is -2.24. The molecule has 3 aromatic rings. The van der Waals surface area contributed by atoms with Gasteiger partial charge in [-0.05, 0) is 38.1 Å². The van der Waals surface area contributed by atoms with Crippen LogP contribution in [0.25, 0.3) is 5.78 Å². The Bertz CT molecular complexity index is 1210. The van der Waals surface area contributed by atoms with Crippen molar-refractivity contribution >= 4 is 41.0 Å². The maximum atomic E-state index is 13.1. The third-order valence-electron chi connectivity index (χ3n) is 5.18. The largest absolute Gasteiger partial charge is 0.366 e. The fourth-order valence-electron chi connectivity index (χ4n) is 3.49. The van der Waals surface area contributed by atoms with Gasteiger partial charge < -0.3 is 16.0 Å². The summed E-state index contributed by atoms with van der Waals surface area (Å²) in [5, 5.41) is 15.9. The summed E-state index contributed by atoms with van der Waals surface area (Å²) in [5.74, 6) is 1.05. The number of nitriles is 1. The number of carbonyl (C=O) groups is 2. The first kappa shape index (κ1) is 20.6. The van der Waals surface area contributed by atoms with Gasteiger partial charge in [0.1, 0.15) is 6.04 Å². The number of amides is 2. The van der Waals surface area contributed by atoms with Gasteiger partial charge in [0.05, 0.1) is 23.9 Å². The molecule has 1 saturated heterocycles. The van der Waals surface area contributed by atoms with Gasteiger partial charge in [-0.1, -0.05) is 0 Å². The highest BCUT2D eigenvalue weighted by Gasteiger charge is 2.35. The predicted molar refractivity (Wildman–Crippen MR) is 116 cm³/mol. The zero-order valence-electron chi connectivity index (χ0n) is 17.0. The number of rotatable bonds is 4. The van der Waals surface area contributed by atoms with Crippen molar-refractivity contribution in [1.29, 1.82) is 5.26 Å². The number of hydrogen-bond acceptors (Lipinski definition) is 8. The molecule has 11 heteroatoms. The Hall–Kier alpha value is -3.65. The van der Waals surface area contributed by atoms with Crippen LogP contribution in [-0.2, 0) is 16.0 Å². The molecule has 158 valence electrons. The number of thioether (sulfide) groups is 1. The normalized spacial score (nSPS) is 15.8.